The molecule has 0 unspecified atom stereocenters. The highest BCUT2D eigenvalue weighted by Gasteiger charge is 2.14. The molecule has 31 heavy (non-hydrogen) atoms. The van der Waals surface area contributed by atoms with Gasteiger partial charge in [-0.15, -0.1) is 0 Å². The quantitative estimate of drug-likeness (QED) is 0.468. The minimum atomic E-state index is -0.0310. The van der Waals surface area contributed by atoms with Gasteiger partial charge in [-0.25, -0.2) is 0 Å². The standard InChI is InChI=1S/C27H29NO3/c1-20-7-5-6-10-26(20)28-27(29)19-21-11-13-23(14-12-21)31-25-17-15-24(16-18-25)30-22-8-3-2-4-9-22/h5-7,10-18,22H,2-4,8-9,19H2,1H3,(H,28,29). The van der Waals surface area contributed by atoms with Crippen molar-refractivity contribution in [3.05, 3.63) is 83.9 Å². The molecule has 4 rings (SSSR count). The lowest BCUT2D eigenvalue weighted by Gasteiger charge is -2.23. The molecule has 0 aliphatic heterocycles. The molecule has 0 bridgehead atoms. The predicted molar refractivity (Wildman–Crippen MR) is 124 cm³/mol. The number of anilines is 1. The molecule has 1 N–H and O–H groups in total. The van der Waals surface area contributed by atoms with Crippen molar-refractivity contribution in [1.29, 1.82) is 0 Å². The van der Waals surface area contributed by atoms with Crippen LogP contribution in [0.2, 0.25) is 0 Å². The number of para-hydroxylation sites is 1. The van der Waals surface area contributed by atoms with Gasteiger partial charge in [0.1, 0.15) is 17.2 Å². The highest BCUT2D eigenvalue weighted by atomic mass is 16.5. The summed E-state index contributed by atoms with van der Waals surface area (Å²) in [5, 5.41) is 2.97. The fourth-order valence-corrected chi connectivity index (χ4v) is 3.87. The number of hydrogen-bond donors (Lipinski definition) is 1. The first-order valence-corrected chi connectivity index (χ1v) is 11.0. The van der Waals surface area contributed by atoms with Crippen molar-refractivity contribution < 1.29 is 14.3 Å². The summed E-state index contributed by atoms with van der Waals surface area (Å²) in [7, 11) is 0. The Morgan fingerprint density at radius 2 is 1.45 bits per heavy atom. The number of rotatable bonds is 7. The van der Waals surface area contributed by atoms with Crippen molar-refractivity contribution in [2.24, 2.45) is 0 Å². The minimum absolute atomic E-state index is 0.0310. The van der Waals surface area contributed by atoms with Gasteiger partial charge in [-0.1, -0.05) is 36.8 Å². The van der Waals surface area contributed by atoms with Crippen molar-refractivity contribution in [3.63, 3.8) is 0 Å². The van der Waals surface area contributed by atoms with Gasteiger partial charge in [-0.3, -0.25) is 4.79 Å². The van der Waals surface area contributed by atoms with Crippen LogP contribution in [0.5, 0.6) is 17.2 Å². The van der Waals surface area contributed by atoms with Crippen LogP contribution in [-0.2, 0) is 11.2 Å². The Bertz CT molecular complexity index is 990. The zero-order valence-electron chi connectivity index (χ0n) is 18.0. The molecule has 4 heteroatoms. The summed E-state index contributed by atoms with van der Waals surface area (Å²) >= 11 is 0. The predicted octanol–water partition coefficient (Wildman–Crippen LogP) is 6.68. The number of benzene rings is 3. The van der Waals surface area contributed by atoms with Gasteiger partial charge in [0.25, 0.3) is 0 Å². The van der Waals surface area contributed by atoms with E-state index in [1.54, 1.807) is 0 Å². The SMILES string of the molecule is Cc1ccccc1NC(=O)Cc1ccc(Oc2ccc(OC3CCCCC3)cc2)cc1. The highest BCUT2D eigenvalue weighted by Crippen LogP contribution is 2.27. The number of nitrogens with one attached hydrogen (secondary N) is 1. The van der Waals surface area contributed by atoms with Crippen LogP contribution in [0.1, 0.15) is 43.2 Å². The van der Waals surface area contributed by atoms with Gasteiger partial charge in [0.05, 0.1) is 12.5 Å². The van der Waals surface area contributed by atoms with E-state index < -0.39 is 0 Å². The number of aryl methyl sites for hydroxylation is 1. The molecule has 4 nitrogen and oxygen atoms in total. The number of amides is 1. The monoisotopic (exact) mass is 415 g/mol. The number of ether oxygens (including phenoxy) is 2. The number of carbonyl (C=O) groups excluding carboxylic acids is 1. The van der Waals surface area contributed by atoms with Crippen LogP contribution in [0.3, 0.4) is 0 Å². The van der Waals surface area contributed by atoms with Crippen LogP contribution in [0.15, 0.2) is 72.8 Å². The summed E-state index contributed by atoms with van der Waals surface area (Å²) in [4.78, 5) is 12.3. The van der Waals surface area contributed by atoms with E-state index in [1.165, 1.54) is 19.3 Å². The zero-order chi connectivity index (χ0) is 21.5. The Balaban J connectivity index is 1.29. The van der Waals surface area contributed by atoms with Gasteiger partial charge in [-0.2, -0.15) is 0 Å². The fourth-order valence-electron chi connectivity index (χ4n) is 3.87. The summed E-state index contributed by atoms with van der Waals surface area (Å²) in [6.45, 7) is 1.98. The summed E-state index contributed by atoms with van der Waals surface area (Å²) in [6, 6.07) is 23.2. The maximum atomic E-state index is 12.3. The Morgan fingerprint density at radius 1 is 0.839 bits per heavy atom. The topological polar surface area (TPSA) is 47.6 Å². The van der Waals surface area contributed by atoms with Gasteiger partial charge in [-0.05, 0) is 86.2 Å². The molecular formula is C27H29NO3. The molecule has 3 aromatic rings. The molecular weight excluding hydrogens is 386 g/mol. The summed E-state index contributed by atoms with van der Waals surface area (Å²) in [5.41, 5.74) is 2.84. The van der Waals surface area contributed by atoms with Gasteiger partial charge in [0.2, 0.25) is 5.91 Å². The molecule has 1 fully saturated rings. The highest BCUT2D eigenvalue weighted by molar-refractivity contribution is 5.92. The van der Waals surface area contributed by atoms with Crippen LogP contribution < -0.4 is 14.8 Å². The molecule has 0 atom stereocenters. The van der Waals surface area contributed by atoms with Crippen LogP contribution in [0.25, 0.3) is 0 Å². The second-order valence-electron chi connectivity index (χ2n) is 8.14. The first-order chi connectivity index (χ1) is 15.2. The van der Waals surface area contributed by atoms with Crippen molar-refractivity contribution in [1.82, 2.24) is 0 Å². The van der Waals surface area contributed by atoms with E-state index in [1.807, 2.05) is 79.7 Å². The number of carbonyl (C=O) groups is 1. The molecule has 160 valence electrons. The van der Waals surface area contributed by atoms with Gasteiger partial charge in [0, 0.05) is 5.69 Å². The maximum absolute atomic E-state index is 12.3. The largest absolute Gasteiger partial charge is 0.490 e. The second kappa shape index (κ2) is 10.2. The second-order valence-corrected chi connectivity index (χ2v) is 8.14. The van der Waals surface area contributed by atoms with E-state index in [9.17, 15) is 4.79 Å². The third-order valence-corrected chi connectivity index (χ3v) is 5.62. The molecule has 1 aliphatic carbocycles. The fraction of sp³-hybridized carbons (Fsp3) is 0.296. The third kappa shape index (κ3) is 6.11. The van der Waals surface area contributed by atoms with E-state index in [0.29, 0.717) is 12.5 Å². The summed E-state index contributed by atoms with van der Waals surface area (Å²) < 4.78 is 12.0. The first kappa shape index (κ1) is 21.0. The smallest absolute Gasteiger partial charge is 0.228 e. The lowest BCUT2D eigenvalue weighted by atomic mass is 9.98. The van der Waals surface area contributed by atoms with Crippen molar-refractivity contribution in [2.75, 3.05) is 5.32 Å². The number of hydrogen-bond acceptors (Lipinski definition) is 3. The normalized spacial score (nSPS) is 14.1. The molecule has 0 aromatic heterocycles. The molecule has 0 spiro atoms. The van der Waals surface area contributed by atoms with Crippen LogP contribution in [-0.4, -0.2) is 12.0 Å². The molecule has 3 aromatic carbocycles. The Labute approximate surface area is 184 Å². The van der Waals surface area contributed by atoms with Crippen molar-refractivity contribution in [3.8, 4) is 17.2 Å². The lowest BCUT2D eigenvalue weighted by Crippen LogP contribution is -2.19. The third-order valence-electron chi connectivity index (χ3n) is 5.62. The van der Waals surface area contributed by atoms with Crippen LogP contribution in [0.4, 0.5) is 5.69 Å². The zero-order valence-corrected chi connectivity index (χ0v) is 18.0. The summed E-state index contributed by atoms with van der Waals surface area (Å²) in [6.07, 6.45) is 6.80. The van der Waals surface area contributed by atoms with Gasteiger partial charge in [0.15, 0.2) is 0 Å². The van der Waals surface area contributed by atoms with E-state index >= 15 is 0 Å². The van der Waals surface area contributed by atoms with E-state index in [0.717, 1.165) is 46.9 Å². The van der Waals surface area contributed by atoms with Crippen LogP contribution in [0, 0.1) is 6.92 Å². The molecule has 0 heterocycles. The minimum Gasteiger partial charge on any atom is -0.490 e. The molecule has 0 saturated heterocycles. The van der Waals surface area contributed by atoms with Gasteiger partial charge >= 0.3 is 0 Å². The van der Waals surface area contributed by atoms with Crippen LogP contribution >= 0.6 is 0 Å². The molecule has 1 saturated carbocycles. The van der Waals surface area contributed by atoms with Gasteiger partial charge < -0.3 is 14.8 Å². The summed E-state index contributed by atoms with van der Waals surface area (Å²) in [5.74, 6) is 2.37. The van der Waals surface area contributed by atoms with E-state index in [-0.39, 0.29) is 5.91 Å². The van der Waals surface area contributed by atoms with E-state index in [2.05, 4.69) is 5.32 Å². The molecule has 1 amide bonds. The Morgan fingerprint density at radius 3 is 2.13 bits per heavy atom. The molecule has 0 radical (unpaired) electrons. The average molecular weight is 416 g/mol. The van der Waals surface area contributed by atoms with Crippen molar-refractivity contribution >= 4 is 11.6 Å². The lowest BCUT2D eigenvalue weighted by molar-refractivity contribution is -0.115. The first-order valence-electron chi connectivity index (χ1n) is 11.0. The Kier molecular flexibility index (Phi) is 6.88. The van der Waals surface area contributed by atoms with Crippen molar-refractivity contribution in [2.45, 2.75) is 51.6 Å². The Hall–Kier alpha value is -3.27. The maximum Gasteiger partial charge on any atom is 0.228 e. The molecule has 1 aliphatic rings. The average Bonchev–Trinajstić information content (AvgIpc) is 2.79. The van der Waals surface area contributed by atoms with E-state index in [4.69, 9.17) is 9.47 Å².